The van der Waals surface area contributed by atoms with Crippen LogP contribution in [0.2, 0.25) is 0 Å². The fraction of sp³-hybridized carbons (Fsp3) is 0.500. The Labute approximate surface area is 154 Å². The molecule has 0 radical (unpaired) electrons. The summed E-state index contributed by atoms with van der Waals surface area (Å²) < 4.78 is 11.3. The molecule has 2 aromatic rings. The van der Waals surface area contributed by atoms with Crippen LogP contribution < -0.4 is 10.1 Å². The van der Waals surface area contributed by atoms with Crippen LogP contribution in [0.3, 0.4) is 0 Å². The maximum absolute atomic E-state index is 11.8. The van der Waals surface area contributed by atoms with Crippen molar-refractivity contribution < 1.29 is 13.9 Å². The molecule has 0 saturated carbocycles. The van der Waals surface area contributed by atoms with Crippen LogP contribution in [0.25, 0.3) is 11.5 Å². The second-order valence-electron chi connectivity index (χ2n) is 6.92. The van der Waals surface area contributed by atoms with Crippen molar-refractivity contribution in [1.82, 2.24) is 15.2 Å². The lowest BCUT2D eigenvalue weighted by molar-refractivity contribution is -0.124. The highest BCUT2D eigenvalue weighted by Crippen LogP contribution is 2.32. The largest absolute Gasteiger partial charge is 0.496 e. The van der Waals surface area contributed by atoms with E-state index in [-0.39, 0.29) is 11.8 Å². The standard InChI is InChI=1S/C20H27N3O3/c1-12-13(2)18(25-5)7-6-16(12)20-22-17(14(3)26-20)11-23-9-8-15(10-23)19(24)21-4/h6-7,15H,8-11H2,1-5H3,(H,21,24)/t15-/m0/s1. The average molecular weight is 357 g/mol. The summed E-state index contributed by atoms with van der Waals surface area (Å²) in [7, 11) is 3.37. The fourth-order valence-electron chi connectivity index (χ4n) is 3.54. The number of amides is 1. The van der Waals surface area contributed by atoms with Crippen molar-refractivity contribution in [3.63, 3.8) is 0 Å². The Hall–Kier alpha value is -2.34. The van der Waals surface area contributed by atoms with E-state index in [1.807, 2.05) is 26.0 Å². The zero-order chi connectivity index (χ0) is 18.8. The third-order valence-electron chi connectivity index (χ3n) is 5.34. The number of methoxy groups -OCH3 is 1. The van der Waals surface area contributed by atoms with E-state index in [2.05, 4.69) is 17.1 Å². The summed E-state index contributed by atoms with van der Waals surface area (Å²) in [4.78, 5) is 18.8. The zero-order valence-corrected chi connectivity index (χ0v) is 16.2. The molecule has 3 rings (SSSR count). The third kappa shape index (κ3) is 3.46. The maximum Gasteiger partial charge on any atom is 0.226 e. The van der Waals surface area contributed by atoms with Gasteiger partial charge in [-0.2, -0.15) is 0 Å². The third-order valence-corrected chi connectivity index (χ3v) is 5.34. The first-order valence-corrected chi connectivity index (χ1v) is 8.99. The van der Waals surface area contributed by atoms with E-state index in [1.165, 1.54) is 0 Å². The number of aryl methyl sites for hydroxylation is 1. The predicted molar refractivity (Wildman–Crippen MR) is 100 cm³/mol. The minimum Gasteiger partial charge on any atom is -0.496 e. The lowest BCUT2D eigenvalue weighted by Crippen LogP contribution is -2.30. The molecule has 1 aromatic carbocycles. The van der Waals surface area contributed by atoms with Crippen molar-refractivity contribution in [2.24, 2.45) is 5.92 Å². The lowest BCUT2D eigenvalue weighted by atomic mass is 10.0. The molecule has 1 fully saturated rings. The fourth-order valence-corrected chi connectivity index (χ4v) is 3.54. The van der Waals surface area contributed by atoms with Gasteiger partial charge in [-0.1, -0.05) is 0 Å². The van der Waals surface area contributed by atoms with Gasteiger partial charge >= 0.3 is 0 Å². The van der Waals surface area contributed by atoms with E-state index in [9.17, 15) is 4.79 Å². The normalized spacial score (nSPS) is 17.5. The Morgan fingerprint density at radius 3 is 2.81 bits per heavy atom. The molecule has 1 N–H and O–H groups in total. The Morgan fingerprint density at radius 2 is 2.12 bits per heavy atom. The quantitative estimate of drug-likeness (QED) is 0.891. The van der Waals surface area contributed by atoms with Gasteiger partial charge in [-0.15, -0.1) is 0 Å². The molecule has 2 heterocycles. The van der Waals surface area contributed by atoms with Crippen molar-refractivity contribution in [3.05, 3.63) is 34.7 Å². The topological polar surface area (TPSA) is 67.6 Å². The number of aromatic nitrogens is 1. The van der Waals surface area contributed by atoms with Crippen molar-refractivity contribution in [3.8, 4) is 17.2 Å². The molecule has 140 valence electrons. The second kappa shape index (κ2) is 7.50. The highest BCUT2D eigenvalue weighted by Gasteiger charge is 2.28. The van der Waals surface area contributed by atoms with Crippen LogP contribution in [0.1, 0.15) is 29.0 Å². The van der Waals surface area contributed by atoms with Crippen molar-refractivity contribution in [1.29, 1.82) is 0 Å². The highest BCUT2D eigenvalue weighted by molar-refractivity contribution is 5.78. The Bertz CT molecular complexity index is 813. The van der Waals surface area contributed by atoms with Crippen LogP contribution in [0.5, 0.6) is 5.75 Å². The molecule has 1 atom stereocenters. The molecule has 6 heteroatoms. The number of carbonyl (C=O) groups excluding carboxylic acids is 1. The molecule has 0 spiro atoms. The van der Waals surface area contributed by atoms with E-state index >= 15 is 0 Å². The first kappa shape index (κ1) is 18.5. The molecule has 1 aliphatic rings. The van der Waals surface area contributed by atoms with Crippen LogP contribution in [-0.2, 0) is 11.3 Å². The Kier molecular flexibility index (Phi) is 5.32. The number of hydrogen-bond donors (Lipinski definition) is 1. The number of benzene rings is 1. The van der Waals surface area contributed by atoms with Gasteiger partial charge in [0.1, 0.15) is 11.5 Å². The predicted octanol–water partition coefficient (Wildman–Crippen LogP) is 2.84. The smallest absolute Gasteiger partial charge is 0.226 e. The molecule has 6 nitrogen and oxygen atoms in total. The number of nitrogens with one attached hydrogen (secondary N) is 1. The maximum atomic E-state index is 11.8. The Balaban J connectivity index is 1.78. The monoisotopic (exact) mass is 357 g/mol. The van der Waals surface area contributed by atoms with Gasteiger partial charge in [0.2, 0.25) is 11.8 Å². The number of ether oxygens (including phenoxy) is 1. The van der Waals surface area contributed by atoms with Crippen LogP contribution in [0, 0.1) is 26.7 Å². The zero-order valence-electron chi connectivity index (χ0n) is 16.2. The van der Waals surface area contributed by atoms with Gasteiger partial charge in [0.25, 0.3) is 0 Å². The number of oxazole rings is 1. The number of nitrogens with zero attached hydrogens (tertiary/aromatic N) is 2. The number of rotatable bonds is 5. The molecule has 1 aromatic heterocycles. The second-order valence-corrected chi connectivity index (χ2v) is 6.92. The van der Waals surface area contributed by atoms with E-state index in [1.54, 1.807) is 14.2 Å². The van der Waals surface area contributed by atoms with E-state index in [0.717, 1.165) is 53.4 Å². The van der Waals surface area contributed by atoms with E-state index in [4.69, 9.17) is 14.1 Å². The highest BCUT2D eigenvalue weighted by atomic mass is 16.5. The summed E-state index contributed by atoms with van der Waals surface area (Å²) in [5, 5.41) is 2.74. The van der Waals surface area contributed by atoms with Gasteiger partial charge in [0, 0.05) is 25.7 Å². The van der Waals surface area contributed by atoms with E-state index in [0.29, 0.717) is 12.4 Å². The van der Waals surface area contributed by atoms with Gasteiger partial charge in [0.15, 0.2) is 0 Å². The van der Waals surface area contributed by atoms with Gasteiger partial charge in [-0.3, -0.25) is 9.69 Å². The minimum atomic E-state index is 0.0677. The molecule has 0 bridgehead atoms. The average Bonchev–Trinajstić information content (AvgIpc) is 3.24. The molecule has 1 amide bonds. The van der Waals surface area contributed by atoms with Crippen molar-refractivity contribution >= 4 is 5.91 Å². The van der Waals surface area contributed by atoms with Crippen LogP contribution in [0.4, 0.5) is 0 Å². The molecule has 0 aliphatic carbocycles. The van der Waals surface area contributed by atoms with Crippen LogP contribution >= 0.6 is 0 Å². The van der Waals surface area contributed by atoms with Gasteiger partial charge in [-0.05, 0) is 57.0 Å². The summed E-state index contributed by atoms with van der Waals surface area (Å²) in [5.74, 6) is 2.53. The molecule has 0 unspecified atom stereocenters. The minimum absolute atomic E-state index is 0.0677. The van der Waals surface area contributed by atoms with E-state index < -0.39 is 0 Å². The first-order valence-electron chi connectivity index (χ1n) is 8.99. The number of carbonyl (C=O) groups is 1. The van der Waals surface area contributed by atoms with Crippen molar-refractivity contribution in [2.75, 3.05) is 27.2 Å². The van der Waals surface area contributed by atoms with Crippen LogP contribution in [-0.4, -0.2) is 43.0 Å². The lowest BCUT2D eigenvalue weighted by Gasteiger charge is -2.14. The SMILES string of the molecule is CNC(=O)[C@H]1CCN(Cc2nc(-c3ccc(OC)c(C)c3C)oc2C)C1. The Morgan fingerprint density at radius 1 is 1.35 bits per heavy atom. The first-order chi connectivity index (χ1) is 12.4. The summed E-state index contributed by atoms with van der Waals surface area (Å²) in [5.41, 5.74) is 4.13. The number of likely N-dealkylation sites (tertiary alicyclic amines) is 1. The molecule has 1 saturated heterocycles. The van der Waals surface area contributed by atoms with Gasteiger partial charge < -0.3 is 14.5 Å². The molecule has 1 aliphatic heterocycles. The summed E-state index contributed by atoms with van der Waals surface area (Å²) >= 11 is 0. The summed E-state index contributed by atoms with van der Waals surface area (Å²) in [6, 6.07) is 3.94. The molecule has 26 heavy (non-hydrogen) atoms. The van der Waals surface area contributed by atoms with Gasteiger partial charge in [0.05, 0.1) is 18.7 Å². The van der Waals surface area contributed by atoms with Gasteiger partial charge in [-0.25, -0.2) is 4.98 Å². The van der Waals surface area contributed by atoms with Crippen molar-refractivity contribution in [2.45, 2.75) is 33.7 Å². The summed E-state index contributed by atoms with van der Waals surface area (Å²) in [6.07, 6.45) is 0.889. The van der Waals surface area contributed by atoms with Crippen LogP contribution in [0.15, 0.2) is 16.5 Å². The summed E-state index contributed by atoms with van der Waals surface area (Å²) in [6.45, 7) is 8.42. The molecular weight excluding hydrogens is 330 g/mol. The molecular formula is C20H27N3O3. The number of hydrogen-bond acceptors (Lipinski definition) is 5.